The number of anilines is 2. The highest BCUT2D eigenvalue weighted by Gasteiger charge is 2.15. The van der Waals surface area contributed by atoms with Crippen LogP contribution in [-0.4, -0.2) is 32.3 Å². The van der Waals surface area contributed by atoms with Gasteiger partial charge >= 0.3 is 0 Å². The average molecular weight is 349 g/mol. The molecule has 0 bridgehead atoms. The molecule has 1 aliphatic rings. The van der Waals surface area contributed by atoms with Gasteiger partial charge in [0, 0.05) is 42.3 Å². The minimum Gasteiger partial charge on any atom is -0.497 e. The Morgan fingerprint density at radius 1 is 1.00 bits per heavy atom. The maximum atomic E-state index is 5.47. The number of benzene rings is 2. The largest absolute Gasteiger partial charge is 0.497 e. The first-order chi connectivity index (χ1) is 12.8. The lowest BCUT2D eigenvalue weighted by Gasteiger charge is -2.32. The van der Waals surface area contributed by atoms with E-state index in [1.165, 1.54) is 6.42 Å². The van der Waals surface area contributed by atoms with Crippen LogP contribution in [0.1, 0.15) is 12.0 Å². The van der Waals surface area contributed by atoms with Crippen LogP contribution in [0.25, 0.3) is 10.9 Å². The molecule has 1 saturated heterocycles. The van der Waals surface area contributed by atoms with E-state index in [9.17, 15) is 0 Å². The van der Waals surface area contributed by atoms with Crippen molar-refractivity contribution in [2.24, 2.45) is 0 Å². The Morgan fingerprint density at radius 2 is 1.85 bits per heavy atom. The van der Waals surface area contributed by atoms with Gasteiger partial charge in [-0.05, 0) is 42.8 Å². The molecule has 0 saturated carbocycles. The first-order valence-corrected chi connectivity index (χ1v) is 8.87. The van der Waals surface area contributed by atoms with Crippen LogP contribution in [0.2, 0.25) is 0 Å². The summed E-state index contributed by atoms with van der Waals surface area (Å²) < 4.78 is 10.7. The summed E-state index contributed by atoms with van der Waals surface area (Å²) in [5, 5.41) is 4.62. The van der Waals surface area contributed by atoms with E-state index in [0.29, 0.717) is 6.54 Å². The first-order valence-electron chi connectivity index (χ1n) is 8.87. The summed E-state index contributed by atoms with van der Waals surface area (Å²) in [5.74, 6) is 2.67. The van der Waals surface area contributed by atoms with Gasteiger partial charge in [-0.25, -0.2) is 4.98 Å². The number of rotatable bonds is 6. The monoisotopic (exact) mass is 349 g/mol. The van der Waals surface area contributed by atoms with Gasteiger partial charge < -0.3 is 19.7 Å². The second-order valence-corrected chi connectivity index (χ2v) is 6.45. The summed E-state index contributed by atoms with van der Waals surface area (Å²) in [4.78, 5) is 7.12. The van der Waals surface area contributed by atoms with Crippen molar-refractivity contribution in [1.29, 1.82) is 0 Å². The van der Waals surface area contributed by atoms with Crippen molar-refractivity contribution in [2.45, 2.75) is 13.0 Å². The SMILES string of the molecule is COc1ccc(CNc2ccc3ccc(N4CCC4)nc3c2)c(OC)c1. The summed E-state index contributed by atoms with van der Waals surface area (Å²) >= 11 is 0. The summed E-state index contributed by atoms with van der Waals surface area (Å²) in [6.07, 6.45) is 1.25. The number of nitrogens with one attached hydrogen (secondary N) is 1. The molecule has 1 N–H and O–H groups in total. The molecule has 4 rings (SSSR count). The fraction of sp³-hybridized carbons (Fsp3) is 0.286. The number of fused-ring (bicyclic) bond motifs is 1. The average Bonchev–Trinajstić information content (AvgIpc) is 2.64. The molecule has 0 radical (unpaired) electrons. The zero-order chi connectivity index (χ0) is 17.9. The molecule has 2 aromatic carbocycles. The van der Waals surface area contributed by atoms with Crippen molar-refractivity contribution >= 4 is 22.4 Å². The third-order valence-electron chi connectivity index (χ3n) is 4.83. The van der Waals surface area contributed by atoms with E-state index in [-0.39, 0.29) is 0 Å². The Balaban J connectivity index is 1.53. The van der Waals surface area contributed by atoms with Crippen molar-refractivity contribution in [3.63, 3.8) is 0 Å². The second kappa shape index (κ2) is 7.12. The van der Waals surface area contributed by atoms with Crippen molar-refractivity contribution in [3.05, 3.63) is 54.1 Å². The lowest BCUT2D eigenvalue weighted by molar-refractivity contribution is 0.391. The lowest BCUT2D eigenvalue weighted by Crippen LogP contribution is -2.37. The molecule has 5 nitrogen and oxygen atoms in total. The van der Waals surface area contributed by atoms with Crippen LogP contribution >= 0.6 is 0 Å². The van der Waals surface area contributed by atoms with E-state index >= 15 is 0 Å². The molecule has 0 amide bonds. The number of methoxy groups -OCH3 is 2. The van der Waals surface area contributed by atoms with E-state index in [4.69, 9.17) is 14.5 Å². The number of nitrogens with zero attached hydrogens (tertiary/aromatic N) is 2. The maximum Gasteiger partial charge on any atom is 0.129 e. The van der Waals surface area contributed by atoms with Crippen molar-refractivity contribution in [2.75, 3.05) is 37.5 Å². The minimum absolute atomic E-state index is 0.671. The van der Waals surface area contributed by atoms with Crippen LogP contribution in [-0.2, 0) is 6.54 Å². The molecule has 0 aliphatic carbocycles. The summed E-state index contributed by atoms with van der Waals surface area (Å²) in [5.41, 5.74) is 3.14. The molecular formula is C21H23N3O2. The predicted molar refractivity (Wildman–Crippen MR) is 105 cm³/mol. The molecule has 134 valence electrons. The van der Waals surface area contributed by atoms with Gasteiger partial charge in [0.2, 0.25) is 0 Å². The smallest absolute Gasteiger partial charge is 0.129 e. The number of hydrogen-bond acceptors (Lipinski definition) is 5. The summed E-state index contributed by atoms with van der Waals surface area (Å²) in [7, 11) is 3.33. The van der Waals surface area contributed by atoms with Gasteiger partial charge in [-0.3, -0.25) is 0 Å². The first kappa shape index (κ1) is 16.5. The van der Waals surface area contributed by atoms with Crippen LogP contribution in [0.4, 0.5) is 11.5 Å². The molecule has 3 aromatic rings. The van der Waals surface area contributed by atoms with Crippen LogP contribution in [0.5, 0.6) is 11.5 Å². The fourth-order valence-electron chi connectivity index (χ4n) is 3.13. The van der Waals surface area contributed by atoms with Gasteiger partial charge in [0.25, 0.3) is 0 Å². The van der Waals surface area contributed by atoms with Crippen molar-refractivity contribution in [3.8, 4) is 11.5 Å². The molecule has 0 spiro atoms. The van der Waals surface area contributed by atoms with Crippen LogP contribution < -0.4 is 19.7 Å². The highest BCUT2D eigenvalue weighted by molar-refractivity contribution is 5.83. The van der Waals surface area contributed by atoms with Crippen molar-refractivity contribution in [1.82, 2.24) is 4.98 Å². The molecule has 0 atom stereocenters. The predicted octanol–water partition coefficient (Wildman–Crippen LogP) is 4.07. The second-order valence-electron chi connectivity index (χ2n) is 6.45. The van der Waals surface area contributed by atoms with Crippen LogP contribution in [0.3, 0.4) is 0 Å². The topological polar surface area (TPSA) is 46.6 Å². The van der Waals surface area contributed by atoms with Gasteiger partial charge in [-0.2, -0.15) is 0 Å². The Bertz CT molecular complexity index is 922. The molecule has 5 heteroatoms. The third kappa shape index (κ3) is 3.25. The third-order valence-corrected chi connectivity index (χ3v) is 4.83. The van der Waals surface area contributed by atoms with Crippen LogP contribution in [0.15, 0.2) is 48.5 Å². The van der Waals surface area contributed by atoms with Gasteiger partial charge in [0.1, 0.15) is 17.3 Å². The fourth-order valence-corrected chi connectivity index (χ4v) is 3.13. The van der Waals surface area contributed by atoms with E-state index in [1.54, 1.807) is 14.2 Å². The maximum absolute atomic E-state index is 5.47. The van der Waals surface area contributed by atoms with E-state index < -0.39 is 0 Å². The Hall–Kier alpha value is -2.95. The number of pyridine rings is 1. The van der Waals surface area contributed by atoms with Gasteiger partial charge in [-0.1, -0.05) is 6.07 Å². The molecule has 26 heavy (non-hydrogen) atoms. The van der Waals surface area contributed by atoms with E-state index in [2.05, 4.69) is 40.5 Å². The molecule has 1 aliphatic heterocycles. The lowest BCUT2D eigenvalue weighted by atomic mass is 10.1. The summed E-state index contributed by atoms with van der Waals surface area (Å²) in [6, 6.07) is 16.4. The number of ether oxygens (including phenoxy) is 2. The quantitative estimate of drug-likeness (QED) is 0.727. The van der Waals surface area contributed by atoms with Crippen molar-refractivity contribution < 1.29 is 9.47 Å². The standard InChI is InChI=1S/C21H23N3O2/c1-25-18-8-5-16(20(13-18)26-2)14-22-17-7-4-15-6-9-21(23-19(15)12-17)24-10-3-11-24/h4-9,12-13,22H,3,10-11,14H2,1-2H3. The zero-order valence-electron chi connectivity index (χ0n) is 15.2. The molecule has 1 aromatic heterocycles. The highest BCUT2D eigenvalue weighted by atomic mass is 16.5. The van der Waals surface area contributed by atoms with Gasteiger partial charge in [0.15, 0.2) is 0 Å². The molecule has 2 heterocycles. The van der Waals surface area contributed by atoms with E-state index in [0.717, 1.165) is 52.6 Å². The molecular weight excluding hydrogens is 326 g/mol. The molecule has 0 unspecified atom stereocenters. The Morgan fingerprint density at radius 3 is 2.58 bits per heavy atom. The van der Waals surface area contributed by atoms with E-state index in [1.807, 2.05) is 18.2 Å². The van der Waals surface area contributed by atoms with Crippen LogP contribution in [0, 0.1) is 0 Å². The minimum atomic E-state index is 0.671. The summed E-state index contributed by atoms with van der Waals surface area (Å²) in [6.45, 7) is 2.88. The Labute approximate surface area is 153 Å². The highest BCUT2D eigenvalue weighted by Crippen LogP contribution is 2.27. The number of hydrogen-bond donors (Lipinski definition) is 1. The zero-order valence-corrected chi connectivity index (χ0v) is 15.2. The van der Waals surface area contributed by atoms with Gasteiger partial charge in [-0.15, -0.1) is 0 Å². The Kier molecular flexibility index (Phi) is 4.52. The molecule has 1 fully saturated rings. The number of aromatic nitrogens is 1. The normalized spacial score (nSPS) is 13.4. The van der Waals surface area contributed by atoms with Gasteiger partial charge in [0.05, 0.1) is 19.7 Å².